The van der Waals surface area contributed by atoms with Gasteiger partial charge in [-0.3, -0.25) is 14.2 Å². The standard InChI is InChI=1S/C16H8BrCl2F2N3O2/c17-10-3-8(20)4-12(21)15(10)23-13(25)5-24-6-22-14-9(16(24)26)1-7(18)2-11(14)19/h1-4,6H,5H2,(H,23,25). The molecule has 0 spiro atoms. The maximum atomic E-state index is 13.8. The van der Waals surface area contributed by atoms with Gasteiger partial charge in [0.25, 0.3) is 5.56 Å². The minimum absolute atomic E-state index is 0.0332. The molecule has 3 aromatic rings. The van der Waals surface area contributed by atoms with Gasteiger partial charge in [0.1, 0.15) is 12.4 Å². The third-order valence-corrected chi connectivity index (χ3v) is 4.56. The zero-order chi connectivity index (χ0) is 19.0. The van der Waals surface area contributed by atoms with Crippen LogP contribution in [0, 0.1) is 11.6 Å². The van der Waals surface area contributed by atoms with Gasteiger partial charge in [0.15, 0.2) is 5.82 Å². The van der Waals surface area contributed by atoms with Gasteiger partial charge in [0.05, 0.1) is 27.9 Å². The number of hydrogen-bond donors (Lipinski definition) is 1. The lowest BCUT2D eigenvalue weighted by molar-refractivity contribution is -0.116. The number of aromatic nitrogens is 2. The minimum atomic E-state index is -0.951. The van der Waals surface area contributed by atoms with Crippen LogP contribution in [0.3, 0.4) is 0 Å². The molecule has 5 nitrogen and oxygen atoms in total. The van der Waals surface area contributed by atoms with E-state index in [0.717, 1.165) is 17.0 Å². The van der Waals surface area contributed by atoms with Crippen LogP contribution in [-0.2, 0) is 11.3 Å². The van der Waals surface area contributed by atoms with E-state index < -0.39 is 29.6 Å². The van der Waals surface area contributed by atoms with Crippen molar-refractivity contribution < 1.29 is 13.6 Å². The Labute approximate surface area is 163 Å². The van der Waals surface area contributed by atoms with Crippen LogP contribution in [0.4, 0.5) is 14.5 Å². The summed E-state index contributed by atoms with van der Waals surface area (Å²) in [6.45, 7) is -0.435. The lowest BCUT2D eigenvalue weighted by atomic mass is 10.2. The van der Waals surface area contributed by atoms with Crippen molar-refractivity contribution in [3.8, 4) is 0 Å². The highest BCUT2D eigenvalue weighted by atomic mass is 79.9. The topological polar surface area (TPSA) is 64.0 Å². The van der Waals surface area contributed by atoms with Gasteiger partial charge in [-0.1, -0.05) is 23.2 Å². The Morgan fingerprint density at radius 1 is 1.23 bits per heavy atom. The maximum absolute atomic E-state index is 13.8. The second-order valence-electron chi connectivity index (χ2n) is 5.25. The average molecular weight is 463 g/mol. The first-order valence-corrected chi connectivity index (χ1v) is 8.59. The van der Waals surface area contributed by atoms with Crippen molar-refractivity contribution >= 4 is 61.6 Å². The molecule has 2 aromatic carbocycles. The monoisotopic (exact) mass is 461 g/mol. The van der Waals surface area contributed by atoms with Crippen LogP contribution in [0.25, 0.3) is 10.9 Å². The summed E-state index contributed by atoms with van der Waals surface area (Å²) >= 11 is 14.9. The summed E-state index contributed by atoms with van der Waals surface area (Å²) in [5.74, 6) is -2.45. The number of rotatable bonds is 3. The molecule has 0 aliphatic carbocycles. The Kier molecular flexibility index (Phi) is 5.27. The predicted molar refractivity (Wildman–Crippen MR) is 98.7 cm³/mol. The highest BCUT2D eigenvalue weighted by Gasteiger charge is 2.15. The van der Waals surface area contributed by atoms with Crippen LogP contribution >= 0.6 is 39.1 Å². The highest BCUT2D eigenvalue weighted by molar-refractivity contribution is 9.10. The summed E-state index contributed by atoms with van der Waals surface area (Å²) in [5, 5.41) is 2.89. The van der Waals surface area contributed by atoms with Crippen molar-refractivity contribution in [3.63, 3.8) is 0 Å². The normalized spacial score (nSPS) is 11.0. The van der Waals surface area contributed by atoms with E-state index in [4.69, 9.17) is 23.2 Å². The van der Waals surface area contributed by atoms with Gasteiger partial charge in [-0.25, -0.2) is 13.8 Å². The molecule has 26 heavy (non-hydrogen) atoms. The SMILES string of the molecule is O=C(Cn1cnc2c(Cl)cc(Cl)cc2c1=O)Nc1c(F)cc(F)cc1Br. The van der Waals surface area contributed by atoms with Crippen LogP contribution in [0.15, 0.2) is 39.9 Å². The number of carbonyl (C=O) groups is 1. The third-order valence-electron chi connectivity index (χ3n) is 3.43. The fraction of sp³-hybridized carbons (Fsp3) is 0.0625. The maximum Gasteiger partial charge on any atom is 0.261 e. The van der Waals surface area contributed by atoms with Gasteiger partial charge in [-0.05, 0) is 34.1 Å². The van der Waals surface area contributed by atoms with E-state index in [1.54, 1.807) is 0 Å². The second kappa shape index (κ2) is 7.30. The minimum Gasteiger partial charge on any atom is -0.321 e. The molecule has 0 saturated heterocycles. The van der Waals surface area contributed by atoms with Crippen molar-refractivity contribution in [2.75, 3.05) is 5.32 Å². The molecule has 1 N–H and O–H groups in total. The van der Waals surface area contributed by atoms with Gasteiger partial charge < -0.3 is 5.32 Å². The second-order valence-corrected chi connectivity index (χ2v) is 6.95. The zero-order valence-electron chi connectivity index (χ0n) is 12.7. The van der Waals surface area contributed by atoms with Crippen LogP contribution in [0.2, 0.25) is 10.0 Å². The predicted octanol–water partition coefficient (Wildman–Crippen LogP) is 4.38. The molecule has 1 heterocycles. The van der Waals surface area contributed by atoms with Crippen molar-refractivity contribution in [2.24, 2.45) is 0 Å². The number of amides is 1. The lowest BCUT2D eigenvalue weighted by Crippen LogP contribution is -2.28. The summed E-state index contributed by atoms with van der Waals surface area (Å²) < 4.78 is 28.0. The molecule has 0 fully saturated rings. The van der Waals surface area contributed by atoms with Crippen molar-refractivity contribution in [3.05, 3.63) is 67.1 Å². The van der Waals surface area contributed by atoms with Crippen LogP contribution < -0.4 is 10.9 Å². The van der Waals surface area contributed by atoms with Gasteiger partial charge in [0.2, 0.25) is 5.91 Å². The molecular formula is C16H8BrCl2F2N3O2. The molecule has 134 valence electrons. The summed E-state index contributed by atoms with van der Waals surface area (Å²) in [4.78, 5) is 28.7. The van der Waals surface area contributed by atoms with Gasteiger partial charge >= 0.3 is 0 Å². The number of benzene rings is 2. The van der Waals surface area contributed by atoms with E-state index in [2.05, 4.69) is 26.2 Å². The largest absolute Gasteiger partial charge is 0.321 e. The Morgan fingerprint density at radius 3 is 2.65 bits per heavy atom. The molecule has 0 atom stereocenters. The molecule has 0 radical (unpaired) electrons. The zero-order valence-corrected chi connectivity index (χ0v) is 15.8. The fourth-order valence-corrected chi connectivity index (χ4v) is 3.35. The highest BCUT2D eigenvalue weighted by Crippen LogP contribution is 2.27. The van der Waals surface area contributed by atoms with Gasteiger partial charge in [-0.2, -0.15) is 0 Å². The quantitative estimate of drug-likeness (QED) is 0.628. The summed E-state index contributed by atoms with van der Waals surface area (Å²) in [7, 11) is 0. The van der Waals surface area contributed by atoms with E-state index in [1.807, 2.05) is 0 Å². The molecule has 0 saturated carbocycles. The molecule has 1 aromatic heterocycles. The summed E-state index contributed by atoms with van der Waals surface area (Å²) in [5.41, 5.74) is -0.512. The number of anilines is 1. The first-order valence-electron chi connectivity index (χ1n) is 7.05. The number of halogens is 5. The van der Waals surface area contributed by atoms with Crippen LogP contribution in [-0.4, -0.2) is 15.5 Å². The van der Waals surface area contributed by atoms with E-state index in [0.29, 0.717) is 6.07 Å². The van der Waals surface area contributed by atoms with Crippen molar-refractivity contribution in [2.45, 2.75) is 6.54 Å². The molecule has 0 aliphatic rings. The van der Waals surface area contributed by atoms with Crippen LogP contribution in [0.5, 0.6) is 0 Å². The number of nitrogens with one attached hydrogen (secondary N) is 1. The smallest absolute Gasteiger partial charge is 0.261 e. The Morgan fingerprint density at radius 2 is 1.96 bits per heavy atom. The Balaban J connectivity index is 1.91. The number of nitrogens with zero attached hydrogens (tertiary/aromatic N) is 2. The first kappa shape index (κ1) is 18.8. The van der Waals surface area contributed by atoms with Crippen LogP contribution in [0.1, 0.15) is 0 Å². The molecule has 1 amide bonds. The lowest BCUT2D eigenvalue weighted by Gasteiger charge is -2.11. The van der Waals surface area contributed by atoms with E-state index >= 15 is 0 Å². The van der Waals surface area contributed by atoms with E-state index in [1.165, 1.54) is 12.1 Å². The molecular weight excluding hydrogens is 455 g/mol. The molecule has 10 heteroatoms. The third kappa shape index (κ3) is 3.72. The molecule has 3 rings (SSSR count). The van der Waals surface area contributed by atoms with Crippen molar-refractivity contribution in [1.82, 2.24) is 9.55 Å². The summed E-state index contributed by atoms with van der Waals surface area (Å²) in [6.07, 6.45) is 1.15. The summed E-state index contributed by atoms with van der Waals surface area (Å²) in [6, 6.07) is 4.48. The first-order chi connectivity index (χ1) is 12.3. The van der Waals surface area contributed by atoms with E-state index in [9.17, 15) is 18.4 Å². The Bertz CT molecular complexity index is 1080. The number of fused-ring (bicyclic) bond motifs is 1. The molecule has 0 bridgehead atoms. The number of carbonyl (C=O) groups excluding carboxylic acids is 1. The fourth-order valence-electron chi connectivity index (χ4n) is 2.30. The van der Waals surface area contributed by atoms with Crippen molar-refractivity contribution in [1.29, 1.82) is 0 Å². The molecule has 0 aliphatic heterocycles. The molecule has 0 unspecified atom stereocenters. The van der Waals surface area contributed by atoms with Gasteiger partial charge in [-0.15, -0.1) is 0 Å². The van der Waals surface area contributed by atoms with E-state index in [-0.39, 0.29) is 31.1 Å². The average Bonchev–Trinajstić information content (AvgIpc) is 2.54. The Hall–Kier alpha value is -2.03. The van der Waals surface area contributed by atoms with Gasteiger partial charge in [0, 0.05) is 15.6 Å². The number of hydrogen-bond acceptors (Lipinski definition) is 3.